The Balaban J connectivity index is 2.29. The van der Waals surface area contributed by atoms with E-state index >= 15 is 0 Å². The van der Waals surface area contributed by atoms with E-state index < -0.39 is 26.2 Å². The minimum atomic E-state index is -3.90. The van der Waals surface area contributed by atoms with E-state index in [-0.39, 0.29) is 0 Å². The first kappa shape index (κ1) is 33.1. The molecule has 0 heterocycles. The molecule has 0 nitrogen and oxygen atoms in total. The maximum atomic E-state index is 8.28. The summed E-state index contributed by atoms with van der Waals surface area (Å²) in [6.07, 6.45) is 0. The summed E-state index contributed by atoms with van der Waals surface area (Å²) in [6.45, 7) is 26.6. The Morgan fingerprint density at radius 2 is 0.714 bits per heavy atom. The van der Waals surface area contributed by atoms with Crippen molar-refractivity contribution < 1.29 is 0 Å². The number of halogens is 2. The summed E-state index contributed by atoms with van der Waals surface area (Å²) >= 11 is 1.41. The summed E-state index contributed by atoms with van der Waals surface area (Å²) in [5.74, 6) is 0. The fraction of sp³-hybridized carbons (Fsp3) is 0.316. The van der Waals surface area contributed by atoms with Gasteiger partial charge < -0.3 is 0 Å². The second-order valence-corrected chi connectivity index (χ2v) is 26.7. The molecule has 0 unspecified atom stereocenters. The molecule has 0 spiro atoms. The van der Waals surface area contributed by atoms with Crippen LogP contribution in [0.1, 0.15) is 66.8 Å². The summed E-state index contributed by atoms with van der Waals surface area (Å²) in [7, 11) is 8.28. The van der Waals surface area contributed by atoms with E-state index in [1.54, 1.807) is 0 Å². The Morgan fingerprint density at radius 3 is 0.976 bits per heavy atom. The first-order chi connectivity index (χ1) is 19.6. The predicted octanol–water partition coefficient (Wildman–Crippen LogP) is 7.64. The van der Waals surface area contributed by atoms with E-state index in [4.69, 9.17) is 21.6 Å². The van der Waals surface area contributed by atoms with Crippen LogP contribution in [0.4, 0.5) is 0 Å². The summed E-state index contributed by atoms with van der Waals surface area (Å²) in [6, 6.07) is 18.4. The Kier molecular flexibility index (Phi) is 9.98. The van der Waals surface area contributed by atoms with Gasteiger partial charge in [-0.25, -0.2) is 0 Å². The minimum absolute atomic E-state index is 0.774. The van der Waals surface area contributed by atoms with Gasteiger partial charge in [-0.05, 0) is 0 Å². The normalized spacial score (nSPS) is 11.5. The average Bonchev–Trinajstić information content (AvgIpc) is 2.81. The van der Waals surface area contributed by atoms with Gasteiger partial charge in [0, 0.05) is 0 Å². The van der Waals surface area contributed by atoms with Crippen molar-refractivity contribution in [3.8, 4) is 0 Å². The van der Waals surface area contributed by atoms with Gasteiger partial charge in [-0.2, -0.15) is 0 Å². The fourth-order valence-electron chi connectivity index (χ4n) is 7.39. The van der Waals surface area contributed by atoms with Crippen LogP contribution in [0, 0.1) is 83.1 Å². The summed E-state index contributed by atoms with van der Waals surface area (Å²) in [4.78, 5) is 0. The van der Waals surface area contributed by atoms with Gasteiger partial charge in [0.05, 0.1) is 0 Å². The summed E-state index contributed by atoms with van der Waals surface area (Å²) in [5, 5.41) is 0. The SMILES string of the molecule is Cc1cc(C)[c]([Ge](=[C]=[C](Cl)[Ge]([Cl])([c]2c(C)cc(C)cc2C)[c]2c(C)cc(C)cc2C)[c]2c(C)cc(C)cc2C)c(C)c1. The van der Waals surface area contributed by atoms with Crippen molar-refractivity contribution in [2.45, 2.75) is 83.1 Å². The van der Waals surface area contributed by atoms with Gasteiger partial charge in [0.2, 0.25) is 0 Å². The molecule has 218 valence electrons. The molecule has 0 saturated heterocycles. The van der Waals surface area contributed by atoms with E-state index in [0.29, 0.717) is 0 Å². The zero-order valence-corrected chi connectivity index (χ0v) is 33.1. The van der Waals surface area contributed by atoms with E-state index in [1.807, 2.05) is 0 Å². The number of hydrogen-bond acceptors (Lipinski definition) is 0. The van der Waals surface area contributed by atoms with Gasteiger partial charge in [-0.15, -0.1) is 0 Å². The van der Waals surface area contributed by atoms with Crippen molar-refractivity contribution in [1.82, 2.24) is 0 Å². The van der Waals surface area contributed by atoms with Crippen molar-refractivity contribution in [1.29, 1.82) is 0 Å². The standard InChI is InChI=1S/C38H44Cl2Ge2/c1-22-13-26(5)35(27(6)14-22)41(36-28(7)15-23(2)16-29(36)8)21-34(39)42(40,37-30(9)17-24(3)18-31(37)10)38-32(11)19-25(4)20-33(38)12/h13-20H,1-12H3. The van der Waals surface area contributed by atoms with Gasteiger partial charge in [0.15, 0.2) is 0 Å². The molecule has 0 amide bonds. The van der Waals surface area contributed by atoms with Gasteiger partial charge in [-0.3, -0.25) is 0 Å². The molecule has 0 fully saturated rings. The molecule has 0 aliphatic carbocycles. The zero-order chi connectivity index (χ0) is 31.3. The molecule has 0 bridgehead atoms. The number of aryl methyl sites for hydroxylation is 12. The second-order valence-electron chi connectivity index (χ2n) is 12.6. The Morgan fingerprint density at radius 1 is 0.476 bits per heavy atom. The Labute approximate surface area is 270 Å². The summed E-state index contributed by atoms with van der Waals surface area (Å²) in [5.41, 5.74) is 15.3. The molecule has 0 N–H and O–H groups in total. The van der Waals surface area contributed by atoms with Gasteiger partial charge >= 0.3 is 272 Å². The third-order valence-corrected chi connectivity index (χ3v) is 29.1. The van der Waals surface area contributed by atoms with Crippen molar-refractivity contribution in [2.24, 2.45) is 0 Å². The van der Waals surface area contributed by atoms with Crippen molar-refractivity contribution in [2.75, 3.05) is 0 Å². The monoisotopic (exact) mass is 718 g/mol. The predicted molar refractivity (Wildman–Crippen MR) is 193 cm³/mol. The molecule has 0 aliphatic heterocycles. The molecule has 0 aromatic heterocycles. The van der Waals surface area contributed by atoms with Crippen LogP contribution in [0.15, 0.2) is 52.4 Å². The first-order valence-electron chi connectivity index (χ1n) is 14.7. The number of rotatable bonds is 5. The van der Waals surface area contributed by atoms with Crippen LogP contribution in [0.25, 0.3) is 0 Å². The molecule has 4 heteroatoms. The van der Waals surface area contributed by atoms with Gasteiger partial charge in [0.1, 0.15) is 0 Å². The van der Waals surface area contributed by atoms with E-state index in [2.05, 4.69) is 136 Å². The van der Waals surface area contributed by atoms with Gasteiger partial charge in [0.25, 0.3) is 0 Å². The third kappa shape index (κ3) is 6.22. The van der Waals surface area contributed by atoms with Crippen molar-refractivity contribution in [3.05, 3.63) is 119 Å². The van der Waals surface area contributed by atoms with Crippen molar-refractivity contribution in [3.63, 3.8) is 0 Å². The molecule has 0 aliphatic rings. The van der Waals surface area contributed by atoms with Crippen LogP contribution in [0.2, 0.25) is 0 Å². The summed E-state index contributed by atoms with van der Waals surface area (Å²) < 4.78 is 10.3. The van der Waals surface area contributed by atoms with Crippen LogP contribution in [0.5, 0.6) is 0 Å². The van der Waals surface area contributed by atoms with Crippen LogP contribution in [-0.4, -0.2) is 30.8 Å². The molecule has 0 atom stereocenters. The van der Waals surface area contributed by atoms with Crippen LogP contribution in [0.3, 0.4) is 0 Å². The van der Waals surface area contributed by atoms with Gasteiger partial charge in [-0.1, -0.05) is 0 Å². The Hall–Kier alpha value is -1.80. The van der Waals surface area contributed by atoms with E-state index in [9.17, 15) is 0 Å². The molecular weight excluding hydrogens is 673 g/mol. The van der Waals surface area contributed by atoms with Crippen molar-refractivity contribution >= 4 is 69.9 Å². The molecule has 0 radical (unpaired) electrons. The average molecular weight is 717 g/mol. The van der Waals surface area contributed by atoms with Crippen LogP contribution in [-0.2, 0) is 0 Å². The zero-order valence-electron chi connectivity index (χ0n) is 27.4. The molecule has 0 saturated carbocycles. The first-order valence-corrected chi connectivity index (χ1v) is 24.2. The van der Waals surface area contributed by atoms with Crippen LogP contribution >= 0.6 is 21.6 Å². The number of benzene rings is 4. The molecule has 42 heavy (non-hydrogen) atoms. The quantitative estimate of drug-likeness (QED) is 0.187. The topological polar surface area (TPSA) is 0 Å². The third-order valence-electron chi connectivity index (χ3n) is 8.43. The van der Waals surface area contributed by atoms with Crippen LogP contribution < -0.4 is 17.6 Å². The molecule has 4 rings (SSSR count). The molecule has 4 aromatic carbocycles. The second kappa shape index (κ2) is 12.7. The molecule has 4 aromatic rings. The maximum absolute atomic E-state index is 8.28. The van der Waals surface area contributed by atoms with E-state index in [1.165, 1.54) is 84.3 Å². The fourth-order valence-corrected chi connectivity index (χ4v) is 28.9. The Bertz CT molecular complexity index is 1590. The van der Waals surface area contributed by atoms with E-state index in [0.717, 1.165) is 3.86 Å². The molecular formula is C38H44Cl2Ge2. The number of hydrogen-bond donors (Lipinski definition) is 0.